The molecule has 11 nitrogen and oxygen atoms in total. The van der Waals surface area contributed by atoms with Crippen molar-refractivity contribution in [2.75, 3.05) is 41.9 Å². The summed E-state index contributed by atoms with van der Waals surface area (Å²) in [6.07, 6.45) is 3.23. The number of hydrogen-bond acceptors (Lipinski definition) is 9. The molecule has 5 rings (SSSR count). The lowest BCUT2D eigenvalue weighted by Gasteiger charge is -2.17. The van der Waals surface area contributed by atoms with Crippen molar-refractivity contribution in [1.82, 2.24) is 5.27 Å². The molecule has 12 heteroatoms. The SMILES string of the molecule is CN(C)[n+]1cc(NC(=O)CSC2=N/C(=C/c3ccc4c(c3)OCO4)C(=O)N2c2ccccc2)on1. The molecule has 0 unspecified atom stereocenters. The highest BCUT2D eigenvalue weighted by atomic mass is 32.2. The molecule has 3 heterocycles. The van der Waals surface area contributed by atoms with Gasteiger partial charge >= 0.3 is 5.88 Å². The topological polar surface area (TPSA) is 113 Å². The van der Waals surface area contributed by atoms with Crippen LogP contribution in [0.4, 0.5) is 11.6 Å². The summed E-state index contributed by atoms with van der Waals surface area (Å²) in [4.78, 5) is 33.3. The number of amidine groups is 1. The van der Waals surface area contributed by atoms with Gasteiger partial charge in [-0.25, -0.2) is 4.99 Å². The van der Waals surface area contributed by atoms with Gasteiger partial charge in [0.2, 0.25) is 18.0 Å². The predicted molar refractivity (Wildman–Crippen MR) is 130 cm³/mol. The van der Waals surface area contributed by atoms with Crippen molar-refractivity contribution < 1.29 is 28.4 Å². The minimum absolute atomic E-state index is 0.00934. The molecule has 2 aliphatic heterocycles. The monoisotopic (exact) mass is 493 g/mol. The number of benzene rings is 2. The number of carbonyl (C=O) groups excluding carboxylic acids is 2. The second-order valence-electron chi connectivity index (χ2n) is 7.68. The van der Waals surface area contributed by atoms with Crippen LogP contribution in [0.3, 0.4) is 0 Å². The maximum Gasteiger partial charge on any atom is 0.305 e. The molecule has 2 amide bonds. The van der Waals surface area contributed by atoms with E-state index in [1.165, 1.54) is 9.69 Å². The van der Waals surface area contributed by atoms with Crippen LogP contribution in [0.15, 0.2) is 69.9 Å². The van der Waals surface area contributed by atoms with Crippen LogP contribution in [0.1, 0.15) is 5.56 Å². The number of para-hydroxylation sites is 1. The van der Waals surface area contributed by atoms with E-state index >= 15 is 0 Å². The van der Waals surface area contributed by atoms with E-state index in [1.807, 2.05) is 36.4 Å². The molecule has 0 radical (unpaired) electrons. The van der Waals surface area contributed by atoms with E-state index in [0.717, 1.165) is 17.3 Å². The van der Waals surface area contributed by atoms with Crippen molar-refractivity contribution in [3.63, 3.8) is 0 Å². The van der Waals surface area contributed by atoms with E-state index in [0.29, 0.717) is 22.4 Å². The smallest absolute Gasteiger partial charge is 0.305 e. The molecule has 178 valence electrons. The number of fused-ring (bicyclic) bond motifs is 1. The molecule has 0 atom stereocenters. The third-order valence-corrected chi connectivity index (χ3v) is 5.94. The highest BCUT2D eigenvalue weighted by molar-refractivity contribution is 8.14. The summed E-state index contributed by atoms with van der Waals surface area (Å²) in [5.41, 5.74) is 1.65. The Morgan fingerprint density at radius 2 is 2.00 bits per heavy atom. The average molecular weight is 494 g/mol. The number of nitrogens with one attached hydrogen (secondary N) is 1. The van der Waals surface area contributed by atoms with Crippen LogP contribution in [-0.2, 0) is 9.59 Å². The molecule has 0 bridgehead atoms. The van der Waals surface area contributed by atoms with Crippen LogP contribution in [0.25, 0.3) is 6.08 Å². The van der Waals surface area contributed by atoms with E-state index in [9.17, 15) is 9.59 Å². The van der Waals surface area contributed by atoms with Crippen LogP contribution in [0.2, 0.25) is 0 Å². The van der Waals surface area contributed by atoms with Gasteiger partial charge in [0.15, 0.2) is 16.7 Å². The molecule has 1 N–H and O–H groups in total. The molecule has 35 heavy (non-hydrogen) atoms. The van der Waals surface area contributed by atoms with Crippen molar-refractivity contribution in [2.45, 2.75) is 0 Å². The largest absolute Gasteiger partial charge is 0.454 e. The van der Waals surface area contributed by atoms with Crippen molar-refractivity contribution >= 4 is 46.4 Å². The van der Waals surface area contributed by atoms with Gasteiger partial charge in [-0.15, -0.1) is 0 Å². The Hall–Kier alpha value is -4.32. The molecule has 0 saturated carbocycles. The van der Waals surface area contributed by atoms with Crippen molar-refractivity contribution in [2.24, 2.45) is 4.99 Å². The zero-order valence-electron chi connectivity index (χ0n) is 18.9. The summed E-state index contributed by atoms with van der Waals surface area (Å²) in [6.45, 7) is 0.167. The fourth-order valence-electron chi connectivity index (χ4n) is 3.34. The van der Waals surface area contributed by atoms with E-state index in [4.69, 9.17) is 14.0 Å². The first kappa shape index (κ1) is 22.5. The number of rotatable bonds is 6. The summed E-state index contributed by atoms with van der Waals surface area (Å²) >= 11 is 1.14. The Labute approximate surface area is 204 Å². The minimum Gasteiger partial charge on any atom is -0.454 e. The number of hydrogen-bond donors (Lipinski definition) is 1. The van der Waals surface area contributed by atoms with E-state index < -0.39 is 0 Å². The van der Waals surface area contributed by atoms with Crippen LogP contribution < -0.4 is 29.5 Å². The lowest BCUT2D eigenvalue weighted by Crippen LogP contribution is -2.53. The Kier molecular flexibility index (Phi) is 6.10. The van der Waals surface area contributed by atoms with Crippen molar-refractivity contribution in [3.8, 4) is 11.5 Å². The molecular weight excluding hydrogens is 472 g/mol. The maximum atomic E-state index is 13.3. The van der Waals surface area contributed by atoms with E-state index in [-0.39, 0.29) is 35.9 Å². The highest BCUT2D eigenvalue weighted by Crippen LogP contribution is 2.34. The summed E-state index contributed by atoms with van der Waals surface area (Å²) in [5.74, 6) is 0.868. The molecule has 0 aliphatic carbocycles. The standard InChI is InChI=1S/C23H20N6O5S/c1-27(2)28-12-21(34-26-28)25-20(30)13-35-23-24-17(22(31)29(23)16-6-4-3-5-7-16)10-15-8-9-18-19(11-15)33-14-32-18/h3-12H,13-14H2,1-2H3/p+1/b17-10+. The molecule has 3 aromatic rings. The third kappa shape index (κ3) is 4.82. The number of nitrogens with zero attached hydrogens (tertiary/aromatic N) is 5. The Morgan fingerprint density at radius 1 is 1.20 bits per heavy atom. The summed E-state index contributed by atoms with van der Waals surface area (Å²) in [7, 11) is 3.57. The van der Waals surface area contributed by atoms with Crippen LogP contribution in [0, 0.1) is 0 Å². The van der Waals surface area contributed by atoms with Gasteiger partial charge in [-0.3, -0.25) is 24.3 Å². The Bertz CT molecular complexity index is 1340. The molecule has 2 aliphatic rings. The Morgan fingerprint density at radius 3 is 2.77 bits per heavy atom. The maximum absolute atomic E-state index is 13.3. The second-order valence-corrected chi connectivity index (χ2v) is 8.63. The first-order valence-corrected chi connectivity index (χ1v) is 11.5. The van der Waals surface area contributed by atoms with Crippen molar-refractivity contribution in [3.05, 3.63) is 66.0 Å². The number of ether oxygens (including phenoxy) is 2. The van der Waals surface area contributed by atoms with E-state index in [2.05, 4.69) is 15.6 Å². The second kappa shape index (κ2) is 9.50. The summed E-state index contributed by atoms with van der Waals surface area (Å²) in [6, 6.07) is 14.6. The molecule has 1 aromatic heterocycles. The van der Waals surface area contributed by atoms with Crippen LogP contribution >= 0.6 is 11.8 Å². The number of amides is 2. The molecule has 2 aromatic carbocycles. The number of aromatic nitrogens is 2. The van der Waals surface area contributed by atoms with Crippen molar-refractivity contribution in [1.29, 1.82) is 0 Å². The lowest BCUT2D eigenvalue weighted by molar-refractivity contribution is -0.753. The fraction of sp³-hybridized carbons (Fsp3) is 0.174. The zero-order chi connectivity index (χ0) is 24.4. The van der Waals surface area contributed by atoms with Gasteiger partial charge in [0.25, 0.3) is 12.1 Å². The zero-order valence-corrected chi connectivity index (χ0v) is 19.7. The molecule has 0 saturated heterocycles. The normalized spacial score (nSPS) is 15.5. The Balaban J connectivity index is 1.35. The number of thioether (sulfide) groups is 1. The minimum atomic E-state index is -0.326. The van der Waals surface area contributed by atoms with Gasteiger partial charge in [0, 0.05) is 0 Å². The van der Waals surface area contributed by atoms with Gasteiger partial charge < -0.3 is 9.47 Å². The molecular formula is C23H21N6O5S+. The van der Waals surface area contributed by atoms with Gasteiger partial charge in [0.1, 0.15) is 5.70 Å². The van der Waals surface area contributed by atoms with Gasteiger partial charge in [0.05, 0.1) is 30.3 Å². The third-order valence-electron chi connectivity index (χ3n) is 5.00. The quantitative estimate of drug-likeness (QED) is 0.410. The lowest BCUT2D eigenvalue weighted by atomic mass is 10.1. The van der Waals surface area contributed by atoms with Gasteiger partial charge in [-0.1, -0.05) is 36.0 Å². The fourth-order valence-corrected chi connectivity index (χ4v) is 4.16. The first-order chi connectivity index (χ1) is 17.0. The summed E-state index contributed by atoms with van der Waals surface area (Å²) in [5, 5.41) is 8.50. The van der Waals surface area contributed by atoms with Gasteiger partial charge in [-0.05, 0) is 35.9 Å². The molecule has 0 spiro atoms. The molecule has 0 fully saturated rings. The first-order valence-electron chi connectivity index (χ1n) is 10.6. The number of anilines is 2. The van der Waals surface area contributed by atoms with E-state index in [1.54, 1.807) is 43.5 Å². The van der Waals surface area contributed by atoms with Crippen LogP contribution in [0.5, 0.6) is 11.5 Å². The number of carbonyl (C=O) groups is 2. The van der Waals surface area contributed by atoms with Gasteiger partial charge in [-0.2, -0.15) is 5.01 Å². The highest BCUT2D eigenvalue weighted by Gasteiger charge is 2.32. The number of aliphatic imine (C=N–C) groups is 1. The predicted octanol–water partition coefficient (Wildman–Crippen LogP) is 2.00. The summed E-state index contributed by atoms with van der Waals surface area (Å²) < 4.78 is 15.9. The average Bonchev–Trinajstić information content (AvgIpc) is 3.58. The van der Waals surface area contributed by atoms with Crippen LogP contribution in [-0.4, -0.2) is 48.9 Å².